The van der Waals surface area contributed by atoms with Gasteiger partial charge in [0.15, 0.2) is 0 Å². The van der Waals surface area contributed by atoms with Gasteiger partial charge in [-0.05, 0) is 32.3 Å². The smallest absolute Gasteiger partial charge is 0.269 e. The van der Waals surface area contributed by atoms with Gasteiger partial charge in [0.2, 0.25) is 5.91 Å². The minimum absolute atomic E-state index is 0.00393. The average Bonchev–Trinajstić information content (AvgIpc) is 2.37. The van der Waals surface area contributed by atoms with Gasteiger partial charge in [0.1, 0.15) is 0 Å². The molecule has 0 spiro atoms. The number of carbonyl (C=O) groups is 1. The molecule has 1 aromatic rings. The molecule has 1 heterocycles. The molecule has 2 atom stereocenters. The molecule has 0 aromatic heterocycles. The van der Waals surface area contributed by atoms with Gasteiger partial charge < -0.3 is 10.0 Å². The molecule has 0 radical (unpaired) electrons. The van der Waals surface area contributed by atoms with E-state index in [1.807, 2.05) is 18.7 Å². The zero-order valence-electron chi connectivity index (χ0n) is 12.2. The van der Waals surface area contributed by atoms with Crippen LogP contribution in [0.5, 0.6) is 0 Å². The Morgan fingerprint density at radius 2 is 1.81 bits per heavy atom. The largest absolute Gasteiger partial charge is 0.393 e. The standard InChI is InChI=1S/C15H20N2O4/c1-10-7-14(18)8-11(2)16(10)15(19)9-12-3-5-13(6-4-12)17(20)21/h3-6,10-11,14,18H,7-9H2,1-2H3/t10-,11-/m1/s1. The van der Waals surface area contributed by atoms with Crippen molar-refractivity contribution in [1.82, 2.24) is 4.90 Å². The van der Waals surface area contributed by atoms with E-state index in [4.69, 9.17) is 0 Å². The Bertz CT molecular complexity index is 517. The monoisotopic (exact) mass is 292 g/mol. The summed E-state index contributed by atoms with van der Waals surface area (Å²) in [5, 5.41) is 20.3. The number of non-ortho nitro benzene ring substituents is 1. The van der Waals surface area contributed by atoms with Gasteiger partial charge in [-0.3, -0.25) is 14.9 Å². The maximum absolute atomic E-state index is 12.4. The van der Waals surface area contributed by atoms with Crippen molar-refractivity contribution < 1.29 is 14.8 Å². The molecule has 1 saturated heterocycles. The molecule has 114 valence electrons. The van der Waals surface area contributed by atoms with Gasteiger partial charge in [-0.25, -0.2) is 0 Å². The second kappa shape index (κ2) is 6.22. The topological polar surface area (TPSA) is 83.7 Å². The number of aliphatic hydroxyl groups excluding tert-OH is 1. The van der Waals surface area contributed by atoms with Crippen molar-refractivity contribution in [2.45, 2.75) is 51.3 Å². The maximum Gasteiger partial charge on any atom is 0.269 e. The number of hydrogen-bond acceptors (Lipinski definition) is 4. The Kier molecular flexibility index (Phi) is 4.57. The van der Waals surface area contributed by atoms with E-state index in [0.717, 1.165) is 5.56 Å². The van der Waals surface area contributed by atoms with Gasteiger partial charge in [0, 0.05) is 24.2 Å². The quantitative estimate of drug-likeness (QED) is 0.681. The first-order valence-electron chi connectivity index (χ1n) is 7.11. The van der Waals surface area contributed by atoms with Crippen LogP contribution >= 0.6 is 0 Å². The highest BCUT2D eigenvalue weighted by Gasteiger charge is 2.32. The number of likely N-dealkylation sites (tertiary alicyclic amines) is 1. The Labute approximate surface area is 123 Å². The molecular weight excluding hydrogens is 272 g/mol. The van der Waals surface area contributed by atoms with Crippen LogP contribution in [0.2, 0.25) is 0 Å². The van der Waals surface area contributed by atoms with Crippen molar-refractivity contribution in [3.8, 4) is 0 Å². The summed E-state index contributed by atoms with van der Waals surface area (Å²) in [5.74, 6) is -0.00393. The summed E-state index contributed by atoms with van der Waals surface area (Å²) in [7, 11) is 0. The number of nitro benzene ring substituents is 1. The third kappa shape index (κ3) is 3.58. The van der Waals surface area contributed by atoms with E-state index in [1.165, 1.54) is 12.1 Å². The fourth-order valence-electron chi connectivity index (χ4n) is 3.04. The van der Waals surface area contributed by atoms with Gasteiger partial charge in [0.25, 0.3) is 5.69 Å². The molecule has 0 saturated carbocycles. The van der Waals surface area contributed by atoms with E-state index >= 15 is 0 Å². The molecule has 1 aliphatic heterocycles. The SMILES string of the molecule is C[C@@H]1CC(O)C[C@@H](C)N1C(=O)Cc1ccc([N+](=O)[O-])cc1. The van der Waals surface area contributed by atoms with Crippen LogP contribution in [0.3, 0.4) is 0 Å². The molecule has 1 amide bonds. The van der Waals surface area contributed by atoms with E-state index in [1.54, 1.807) is 12.1 Å². The molecule has 2 rings (SSSR count). The minimum Gasteiger partial charge on any atom is -0.393 e. The second-order valence-electron chi connectivity index (χ2n) is 5.72. The number of benzene rings is 1. The lowest BCUT2D eigenvalue weighted by Crippen LogP contribution is -2.51. The summed E-state index contributed by atoms with van der Waals surface area (Å²) in [5.41, 5.74) is 0.783. The molecule has 6 nitrogen and oxygen atoms in total. The predicted octanol–water partition coefficient (Wildman–Crippen LogP) is 1.90. The average molecular weight is 292 g/mol. The molecule has 1 fully saturated rings. The van der Waals surface area contributed by atoms with Crippen molar-refractivity contribution in [2.24, 2.45) is 0 Å². The third-order valence-electron chi connectivity index (χ3n) is 3.97. The molecule has 1 N–H and O–H groups in total. The molecule has 21 heavy (non-hydrogen) atoms. The number of amides is 1. The lowest BCUT2D eigenvalue weighted by atomic mass is 9.94. The normalized spacial score (nSPS) is 25.7. The van der Waals surface area contributed by atoms with Crippen LogP contribution in [0.4, 0.5) is 5.69 Å². The molecule has 6 heteroatoms. The van der Waals surface area contributed by atoms with Crippen molar-refractivity contribution in [1.29, 1.82) is 0 Å². The zero-order chi connectivity index (χ0) is 15.6. The first-order chi connectivity index (χ1) is 9.88. The number of aliphatic hydroxyl groups is 1. The van der Waals surface area contributed by atoms with Crippen molar-refractivity contribution in [3.05, 3.63) is 39.9 Å². The lowest BCUT2D eigenvalue weighted by molar-refractivity contribution is -0.384. The fourth-order valence-corrected chi connectivity index (χ4v) is 3.04. The van der Waals surface area contributed by atoms with Crippen LogP contribution < -0.4 is 0 Å². The molecule has 0 aliphatic carbocycles. The molecule has 0 bridgehead atoms. The van der Waals surface area contributed by atoms with Gasteiger partial charge >= 0.3 is 0 Å². The number of carbonyl (C=O) groups excluding carboxylic acids is 1. The zero-order valence-corrected chi connectivity index (χ0v) is 12.2. The summed E-state index contributed by atoms with van der Waals surface area (Å²) in [6.07, 6.45) is 1.06. The van der Waals surface area contributed by atoms with Crippen molar-refractivity contribution in [2.75, 3.05) is 0 Å². The van der Waals surface area contributed by atoms with Crippen molar-refractivity contribution >= 4 is 11.6 Å². The van der Waals surface area contributed by atoms with Crippen LogP contribution in [0, 0.1) is 10.1 Å². The molecule has 1 aromatic carbocycles. The number of rotatable bonds is 3. The minimum atomic E-state index is -0.457. The van der Waals surface area contributed by atoms with Gasteiger partial charge in [-0.15, -0.1) is 0 Å². The molecule has 1 aliphatic rings. The van der Waals surface area contributed by atoms with E-state index < -0.39 is 4.92 Å². The van der Waals surface area contributed by atoms with E-state index in [-0.39, 0.29) is 36.2 Å². The Morgan fingerprint density at radius 3 is 2.29 bits per heavy atom. The highest BCUT2D eigenvalue weighted by atomic mass is 16.6. The van der Waals surface area contributed by atoms with Crippen LogP contribution in [-0.4, -0.2) is 39.0 Å². The summed E-state index contributed by atoms with van der Waals surface area (Å²) in [6, 6.07) is 6.07. The second-order valence-corrected chi connectivity index (χ2v) is 5.72. The van der Waals surface area contributed by atoms with E-state index in [0.29, 0.717) is 12.8 Å². The Hall–Kier alpha value is -1.95. The highest BCUT2D eigenvalue weighted by Crippen LogP contribution is 2.24. The number of hydrogen-bond donors (Lipinski definition) is 1. The first kappa shape index (κ1) is 15.4. The van der Waals surface area contributed by atoms with Crippen molar-refractivity contribution in [3.63, 3.8) is 0 Å². The van der Waals surface area contributed by atoms with E-state index in [9.17, 15) is 20.0 Å². The summed E-state index contributed by atoms with van der Waals surface area (Å²) in [4.78, 5) is 24.4. The maximum atomic E-state index is 12.4. The number of piperidine rings is 1. The van der Waals surface area contributed by atoms with Crippen LogP contribution in [-0.2, 0) is 11.2 Å². The molecule has 0 unspecified atom stereocenters. The fraction of sp³-hybridized carbons (Fsp3) is 0.533. The Balaban J connectivity index is 2.05. The van der Waals surface area contributed by atoms with Gasteiger partial charge in [0.05, 0.1) is 17.4 Å². The molecular formula is C15H20N2O4. The summed E-state index contributed by atoms with van der Waals surface area (Å²) >= 11 is 0. The van der Waals surface area contributed by atoms with Crippen LogP contribution in [0.15, 0.2) is 24.3 Å². The van der Waals surface area contributed by atoms with E-state index in [2.05, 4.69) is 0 Å². The summed E-state index contributed by atoms with van der Waals surface area (Å²) in [6.45, 7) is 3.87. The Morgan fingerprint density at radius 1 is 1.29 bits per heavy atom. The first-order valence-corrected chi connectivity index (χ1v) is 7.11. The predicted molar refractivity (Wildman–Crippen MR) is 77.8 cm³/mol. The highest BCUT2D eigenvalue weighted by molar-refractivity contribution is 5.79. The van der Waals surface area contributed by atoms with Gasteiger partial charge in [-0.1, -0.05) is 12.1 Å². The third-order valence-corrected chi connectivity index (χ3v) is 3.97. The van der Waals surface area contributed by atoms with Crippen LogP contribution in [0.1, 0.15) is 32.3 Å². The van der Waals surface area contributed by atoms with Gasteiger partial charge in [-0.2, -0.15) is 0 Å². The lowest BCUT2D eigenvalue weighted by Gasteiger charge is -2.41. The number of nitrogens with zero attached hydrogens (tertiary/aromatic N) is 2. The number of nitro groups is 1. The van der Waals surface area contributed by atoms with Crippen LogP contribution in [0.25, 0.3) is 0 Å². The summed E-state index contributed by atoms with van der Waals surface area (Å²) < 4.78 is 0.